The van der Waals surface area contributed by atoms with Gasteiger partial charge in [-0.05, 0) is 5.56 Å². The van der Waals surface area contributed by atoms with Crippen LogP contribution in [0.2, 0.25) is 0 Å². The number of nitrogens with zero attached hydrogens (tertiary/aromatic N) is 1. The van der Waals surface area contributed by atoms with E-state index in [0.29, 0.717) is 6.20 Å². The summed E-state index contributed by atoms with van der Waals surface area (Å²) in [6, 6.07) is 0. The summed E-state index contributed by atoms with van der Waals surface area (Å²) in [7, 11) is 0.999. The third kappa shape index (κ3) is 4.52. The number of hydrogen-bond acceptors (Lipinski definition) is 5. The van der Waals surface area contributed by atoms with Crippen LogP contribution in [-0.4, -0.2) is 24.4 Å². The Bertz CT molecular complexity index is 519. The molecule has 0 saturated carbocycles. The number of pyridine rings is 1. The molecule has 0 radical (unpaired) electrons. The highest BCUT2D eigenvalue weighted by Crippen LogP contribution is 2.32. The largest absolute Gasteiger partial charge is 0.574 e. The summed E-state index contributed by atoms with van der Waals surface area (Å²) in [6.07, 6.45) is -8.28. The van der Waals surface area contributed by atoms with E-state index < -0.39 is 48.7 Å². The Hall–Kier alpha value is -1.97. The van der Waals surface area contributed by atoms with Crippen molar-refractivity contribution in [2.24, 2.45) is 5.73 Å². The zero-order chi connectivity index (χ0) is 16.2. The average molecular weight is 314 g/mol. The normalized spacial score (nSPS) is 11.6. The number of hydrogen-bond donors (Lipinski definition) is 1. The summed E-state index contributed by atoms with van der Waals surface area (Å²) in [5.41, 5.74) is 3.83. The number of esters is 1. The molecule has 0 aliphatic heterocycles. The third-order valence-electron chi connectivity index (χ3n) is 2.49. The molecule has 1 aromatic heterocycles. The molecule has 0 saturated heterocycles. The van der Waals surface area contributed by atoms with E-state index in [2.05, 4.69) is 14.5 Å². The summed E-state index contributed by atoms with van der Waals surface area (Å²) in [5.74, 6) is -1.94. The molecule has 2 N–H and O–H groups in total. The Balaban J connectivity index is 3.39. The minimum Gasteiger partial charge on any atom is -0.469 e. The van der Waals surface area contributed by atoms with Gasteiger partial charge in [-0.15, -0.1) is 13.2 Å². The molecule has 10 heteroatoms. The van der Waals surface area contributed by atoms with E-state index in [0.717, 1.165) is 7.11 Å². The molecule has 0 aliphatic rings. The molecule has 0 unspecified atom stereocenters. The second kappa shape index (κ2) is 6.66. The SMILES string of the molecule is COC(=O)Cc1c(OC(F)(F)F)ncc(C(F)F)c1CN. The second-order valence-corrected chi connectivity index (χ2v) is 3.78. The molecule has 1 rings (SSSR count). The molecule has 0 amide bonds. The number of ether oxygens (including phenoxy) is 2. The van der Waals surface area contributed by atoms with Gasteiger partial charge >= 0.3 is 12.3 Å². The van der Waals surface area contributed by atoms with E-state index in [-0.39, 0.29) is 5.56 Å². The van der Waals surface area contributed by atoms with Gasteiger partial charge in [0.25, 0.3) is 6.43 Å². The summed E-state index contributed by atoms with van der Waals surface area (Å²) in [6.45, 7) is -0.511. The Morgan fingerprint density at radius 1 is 1.38 bits per heavy atom. The molecule has 1 aromatic rings. The van der Waals surface area contributed by atoms with Crippen molar-refractivity contribution in [2.75, 3.05) is 7.11 Å². The quantitative estimate of drug-likeness (QED) is 0.665. The van der Waals surface area contributed by atoms with E-state index in [9.17, 15) is 26.7 Å². The maximum absolute atomic E-state index is 12.8. The Morgan fingerprint density at radius 2 is 2.00 bits per heavy atom. The summed E-state index contributed by atoms with van der Waals surface area (Å²) in [5, 5.41) is 0. The van der Waals surface area contributed by atoms with Crippen molar-refractivity contribution in [3.63, 3.8) is 0 Å². The molecule has 0 fully saturated rings. The number of carbonyl (C=O) groups excluding carboxylic acids is 1. The maximum Gasteiger partial charge on any atom is 0.574 e. The molecular formula is C11H11F5N2O3. The van der Waals surface area contributed by atoms with Crippen LogP contribution in [0, 0.1) is 0 Å². The minimum atomic E-state index is -5.09. The van der Waals surface area contributed by atoms with Gasteiger partial charge in [0.2, 0.25) is 5.88 Å². The van der Waals surface area contributed by atoms with Gasteiger partial charge in [0.05, 0.1) is 13.5 Å². The molecule has 0 aromatic carbocycles. The van der Waals surface area contributed by atoms with Crippen LogP contribution >= 0.6 is 0 Å². The number of rotatable bonds is 5. The number of carbonyl (C=O) groups is 1. The zero-order valence-corrected chi connectivity index (χ0v) is 10.7. The van der Waals surface area contributed by atoms with Gasteiger partial charge in [-0.3, -0.25) is 4.79 Å². The predicted octanol–water partition coefficient (Wildman–Crippen LogP) is 2.09. The standard InChI is InChI=1S/C11H11F5N2O3/c1-20-8(19)2-5-6(3-17)7(9(12)13)4-18-10(5)21-11(14,15)16/h4,9H,2-3,17H2,1H3. The predicted molar refractivity (Wildman–Crippen MR) is 59.5 cm³/mol. The van der Waals surface area contributed by atoms with Crippen molar-refractivity contribution >= 4 is 5.97 Å². The van der Waals surface area contributed by atoms with Crippen LogP contribution in [0.5, 0.6) is 5.88 Å². The monoisotopic (exact) mass is 314 g/mol. The lowest BCUT2D eigenvalue weighted by Crippen LogP contribution is -2.22. The fourth-order valence-corrected chi connectivity index (χ4v) is 1.61. The lowest BCUT2D eigenvalue weighted by atomic mass is 10.0. The number of halogens is 5. The van der Waals surface area contributed by atoms with E-state index >= 15 is 0 Å². The van der Waals surface area contributed by atoms with Crippen LogP contribution in [0.4, 0.5) is 22.0 Å². The summed E-state index contributed by atoms with van der Waals surface area (Å²) >= 11 is 0. The smallest absolute Gasteiger partial charge is 0.469 e. The highest BCUT2D eigenvalue weighted by atomic mass is 19.4. The lowest BCUT2D eigenvalue weighted by molar-refractivity contribution is -0.276. The van der Waals surface area contributed by atoms with Crippen molar-refractivity contribution in [2.45, 2.75) is 25.8 Å². The van der Waals surface area contributed by atoms with Crippen molar-refractivity contribution in [3.05, 3.63) is 22.9 Å². The highest BCUT2D eigenvalue weighted by Gasteiger charge is 2.34. The highest BCUT2D eigenvalue weighted by molar-refractivity contribution is 5.74. The Morgan fingerprint density at radius 3 is 2.43 bits per heavy atom. The van der Waals surface area contributed by atoms with Gasteiger partial charge < -0.3 is 15.2 Å². The zero-order valence-electron chi connectivity index (χ0n) is 10.7. The van der Waals surface area contributed by atoms with E-state index in [4.69, 9.17) is 5.73 Å². The number of aromatic nitrogens is 1. The summed E-state index contributed by atoms with van der Waals surface area (Å²) < 4.78 is 70.4. The van der Waals surface area contributed by atoms with Crippen molar-refractivity contribution < 1.29 is 36.2 Å². The van der Waals surface area contributed by atoms with Crippen molar-refractivity contribution in [3.8, 4) is 5.88 Å². The van der Waals surface area contributed by atoms with Crippen LogP contribution < -0.4 is 10.5 Å². The topological polar surface area (TPSA) is 74.4 Å². The van der Waals surface area contributed by atoms with Crippen LogP contribution in [0.15, 0.2) is 6.20 Å². The minimum absolute atomic E-state index is 0.329. The van der Waals surface area contributed by atoms with Gasteiger partial charge in [-0.2, -0.15) is 0 Å². The van der Waals surface area contributed by atoms with Gasteiger partial charge in [0.1, 0.15) is 0 Å². The lowest BCUT2D eigenvalue weighted by Gasteiger charge is -2.17. The first kappa shape index (κ1) is 17.1. The molecule has 1 heterocycles. The molecule has 118 valence electrons. The van der Waals surface area contributed by atoms with Crippen molar-refractivity contribution in [1.82, 2.24) is 4.98 Å². The molecule has 0 bridgehead atoms. The van der Waals surface area contributed by atoms with Crippen LogP contribution in [0.1, 0.15) is 23.1 Å². The Kier molecular flexibility index (Phi) is 5.41. The Labute approximate surface area is 115 Å². The molecule has 5 nitrogen and oxygen atoms in total. The second-order valence-electron chi connectivity index (χ2n) is 3.78. The van der Waals surface area contributed by atoms with E-state index in [1.165, 1.54) is 0 Å². The van der Waals surface area contributed by atoms with Gasteiger partial charge in [-0.25, -0.2) is 13.8 Å². The van der Waals surface area contributed by atoms with Crippen molar-refractivity contribution in [1.29, 1.82) is 0 Å². The fourth-order valence-electron chi connectivity index (χ4n) is 1.61. The first-order valence-corrected chi connectivity index (χ1v) is 5.51. The first-order valence-electron chi connectivity index (χ1n) is 5.51. The number of methoxy groups -OCH3 is 1. The summed E-state index contributed by atoms with van der Waals surface area (Å²) in [4.78, 5) is 14.4. The average Bonchev–Trinajstić information content (AvgIpc) is 2.38. The van der Waals surface area contributed by atoms with Crippen LogP contribution in [-0.2, 0) is 22.5 Å². The number of nitrogens with two attached hydrogens (primary N) is 1. The maximum atomic E-state index is 12.8. The van der Waals surface area contributed by atoms with Crippen LogP contribution in [0.3, 0.4) is 0 Å². The van der Waals surface area contributed by atoms with Gasteiger partial charge in [0.15, 0.2) is 0 Å². The van der Waals surface area contributed by atoms with Gasteiger partial charge in [0, 0.05) is 23.9 Å². The van der Waals surface area contributed by atoms with E-state index in [1.807, 2.05) is 0 Å². The van der Waals surface area contributed by atoms with Crippen LogP contribution in [0.25, 0.3) is 0 Å². The molecular weight excluding hydrogens is 303 g/mol. The first-order chi connectivity index (χ1) is 9.69. The molecule has 0 aliphatic carbocycles. The van der Waals surface area contributed by atoms with Gasteiger partial charge in [-0.1, -0.05) is 0 Å². The third-order valence-corrected chi connectivity index (χ3v) is 2.49. The number of alkyl halides is 5. The molecule has 0 atom stereocenters. The molecule has 0 spiro atoms. The fraction of sp³-hybridized carbons (Fsp3) is 0.455. The van der Waals surface area contributed by atoms with E-state index in [1.54, 1.807) is 0 Å². The molecule has 21 heavy (non-hydrogen) atoms.